The third-order valence-electron chi connectivity index (χ3n) is 6.69. The highest BCUT2D eigenvalue weighted by molar-refractivity contribution is 5.82. The molecule has 2 atom stereocenters. The zero-order chi connectivity index (χ0) is 21.5. The Morgan fingerprint density at radius 3 is 2.52 bits per heavy atom. The smallest absolute Gasteiger partial charge is 0.237 e. The maximum Gasteiger partial charge on any atom is 0.237 e. The molecule has 2 aromatic carbocycles. The van der Waals surface area contributed by atoms with Crippen molar-refractivity contribution in [1.29, 1.82) is 0 Å². The molecule has 1 N–H and O–H groups in total. The molecule has 166 valence electrons. The van der Waals surface area contributed by atoms with E-state index in [0.717, 1.165) is 44.8 Å². The number of carbonyl (C=O) groups is 1. The number of benzene rings is 2. The Morgan fingerprint density at radius 1 is 1.00 bits per heavy atom. The minimum atomic E-state index is -0.0418. The number of para-hydroxylation sites is 1. The quantitative estimate of drug-likeness (QED) is 0.700. The van der Waals surface area contributed by atoms with Crippen molar-refractivity contribution >= 4 is 5.91 Å². The third-order valence-corrected chi connectivity index (χ3v) is 6.69. The first-order chi connectivity index (χ1) is 15.3. The lowest BCUT2D eigenvalue weighted by Crippen LogP contribution is -2.46. The summed E-state index contributed by atoms with van der Waals surface area (Å²) in [6.07, 6.45) is 5.73. The van der Waals surface area contributed by atoms with E-state index >= 15 is 0 Å². The van der Waals surface area contributed by atoms with Crippen molar-refractivity contribution in [2.24, 2.45) is 0 Å². The number of methoxy groups -OCH3 is 1. The second-order valence-electron chi connectivity index (χ2n) is 8.71. The lowest BCUT2D eigenvalue weighted by molar-refractivity contribution is -0.125. The Hall–Kier alpha value is -2.37. The normalized spacial score (nSPS) is 21.0. The van der Waals surface area contributed by atoms with Gasteiger partial charge < -0.3 is 10.1 Å². The highest BCUT2D eigenvalue weighted by atomic mass is 16.5. The Balaban J connectivity index is 1.44. The van der Waals surface area contributed by atoms with E-state index in [1.807, 2.05) is 18.2 Å². The molecule has 2 aromatic rings. The van der Waals surface area contributed by atoms with Crippen LogP contribution in [0, 0.1) is 0 Å². The molecule has 0 aliphatic carbocycles. The van der Waals surface area contributed by atoms with Gasteiger partial charge >= 0.3 is 0 Å². The SMILES string of the molecule is COc1ccccc1C(CNC(=O)C1CCCN1Cc1ccccc1)N1CCCCC1. The van der Waals surface area contributed by atoms with Gasteiger partial charge in [0.2, 0.25) is 5.91 Å². The summed E-state index contributed by atoms with van der Waals surface area (Å²) in [5.74, 6) is 1.06. The van der Waals surface area contributed by atoms with Crippen LogP contribution in [0.2, 0.25) is 0 Å². The zero-order valence-electron chi connectivity index (χ0n) is 18.6. The van der Waals surface area contributed by atoms with Gasteiger partial charge in [-0.15, -0.1) is 0 Å². The van der Waals surface area contributed by atoms with Crippen molar-refractivity contribution in [3.05, 3.63) is 65.7 Å². The van der Waals surface area contributed by atoms with Crippen LogP contribution in [-0.2, 0) is 11.3 Å². The molecule has 4 rings (SSSR count). The number of likely N-dealkylation sites (tertiary alicyclic amines) is 2. The van der Waals surface area contributed by atoms with E-state index in [0.29, 0.717) is 6.54 Å². The monoisotopic (exact) mass is 421 g/mol. The van der Waals surface area contributed by atoms with Crippen LogP contribution >= 0.6 is 0 Å². The summed E-state index contributed by atoms with van der Waals surface area (Å²) in [6, 6.07) is 18.8. The van der Waals surface area contributed by atoms with E-state index in [2.05, 4.69) is 51.5 Å². The highest BCUT2D eigenvalue weighted by Crippen LogP contribution is 2.31. The van der Waals surface area contributed by atoms with Crippen LogP contribution in [0.5, 0.6) is 5.75 Å². The second-order valence-corrected chi connectivity index (χ2v) is 8.71. The number of carbonyl (C=O) groups excluding carboxylic acids is 1. The largest absolute Gasteiger partial charge is 0.496 e. The van der Waals surface area contributed by atoms with E-state index in [4.69, 9.17) is 4.74 Å². The summed E-state index contributed by atoms with van der Waals surface area (Å²) < 4.78 is 5.66. The molecule has 0 spiro atoms. The maximum atomic E-state index is 13.2. The minimum Gasteiger partial charge on any atom is -0.496 e. The van der Waals surface area contributed by atoms with Gasteiger partial charge in [0.05, 0.1) is 19.2 Å². The molecule has 1 amide bonds. The van der Waals surface area contributed by atoms with Gasteiger partial charge in [0, 0.05) is 18.7 Å². The van der Waals surface area contributed by atoms with Crippen molar-refractivity contribution in [1.82, 2.24) is 15.1 Å². The predicted octanol–water partition coefficient (Wildman–Crippen LogP) is 4.00. The number of amides is 1. The van der Waals surface area contributed by atoms with Crippen LogP contribution in [0.3, 0.4) is 0 Å². The molecule has 2 saturated heterocycles. The molecule has 31 heavy (non-hydrogen) atoms. The van der Waals surface area contributed by atoms with Crippen molar-refractivity contribution < 1.29 is 9.53 Å². The summed E-state index contributed by atoms with van der Waals surface area (Å²) in [6.45, 7) is 4.58. The van der Waals surface area contributed by atoms with Gasteiger partial charge in [-0.05, 0) is 56.9 Å². The standard InChI is InChI=1S/C26H35N3O2/c1-31-25-15-7-6-13-22(25)24(28-16-8-3-9-17-28)19-27-26(30)23-14-10-18-29(23)20-21-11-4-2-5-12-21/h2,4-7,11-13,15,23-24H,3,8-10,14,16-20H2,1H3,(H,27,30). The van der Waals surface area contributed by atoms with Crippen molar-refractivity contribution in [3.63, 3.8) is 0 Å². The summed E-state index contributed by atoms with van der Waals surface area (Å²) in [5, 5.41) is 3.31. The lowest BCUT2D eigenvalue weighted by atomic mass is 10.0. The van der Waals surface area contributed by atoms with Crippen LogP contribution < -0.4 is 10.1 Å². The number of nitrogens with one attached hydrogen (secondary N) is 1. The molecule has 2 heterocycles. The Morgan fingerprint density at radius 2 is 1.74 bits per heavy atom. The fourth-order valence-corrected chi connectivity index (χ4v) is 5.05. The topological polar surface area (TPSA) is 44.8 Å². The van der Waals surface area contributed by atoms with Gasteiger partial charge in [0.25, 0.3) is 0 Å². The molecule has 0 aromatic heterocycles. The minimum absolute atomic E-state index is 0.0418. The molecule has 0 saturated carbocycles. The van der Waals surface area contributed by atoms with Crippen LogP contribution in [0.25, 0.3) is 0 Å². The van der Waals surface area contributed by atoms with Gasteiger partial charge in [-0.1, -0.05) is 55.0 Å². The van der Waals surface area contributed by atoms with E-state index in [1.54, 1.807) is 7.11 Å². The Labute approximate surface area is 186 Å². The van der Waals surface area contributed by atoms with Crippen molar-refractivity contribution in [2.75, 3.05) is 33.3 Å². The molecular weight excluding hydrogens is 386 g/mol. The van der Waals surface area contributed by atoms with Crippen molar-refractivity contribution in [3.8, 4) is 5.75 Å². The predicted molar refractivity (Wildman–Crippen MR) is 124 cm³/mol. The molecule has 5 heteroatoms. The average molecular weight is 422 g/mol. The van der Waals surface area contributed by atoms with Gasteiger partial charge in [0.15, 0.2) is 0 Å². The van der Waals surface area contributed by atoms with Crippen molar-refractivity contribution in [2.45, 2.75) is 50.7 Å². The number of hydrogen-bond donors (Lipinski definition) is 1. The van der Waals surface area contributed by atoms with Crippen LogP contribution in [0.4, 0.5) is 0 Å². The van der Waals surface area contributed by atoms with Gasteiger partial charge in [-0.3, -0.25) is 14.6 Å². The molecular formula is C26H35N3O2. The highest BCUT2D eigenvalue weighted by Gasteiger charge is 2.32. The number of nitrogens with zero attached hydrogens (tertiary/aromatic N) is 2. The summed E-state index contributed by atoms with van der Waals surface area (Å²) in [5.41, 5.74) is 2.43. The summed E-state index contributed by atoms with van der Waals surface area (Å²) in [7, 11) is 1.73. The first-order valence-corrected chi connectivity index (χ1v) is 11.7. The van der Waals surface area contributed by atoms with E-state index in [9.17, 15) is 4.79 Å². The molecule has 2 aliphatic heterocycles. The summed E-state index contributed by atoms with van der Waals surface area (Å²) in [4.78, 5) is 18.1. The fraction of sp³-hybridized carbons (Fsp3) is 0.500. The van der Waals surface area contributed by atoms with Gasteiger partial charge in [-0.2, -0.15) is 0 Å². The van der Waals surface area contributed by atoms with Crippen LogP contribution in [0.1, 0.15) is 49.3 Å². The molecule has 0 radical (unpaired) electrons. The number of rotatable bonds is 8. The summed E-state index contributed by atoms with van der Waals surface area (Å²) >= 11 is 0. The fourth-order valence-electron chi connectivity index (χ4n) is 5.05. The average Bonchev–Trinajstić information content (AvgIpc) is 3.29. The van der Waals surface area contributed by atoms with Crippen LogP contribution in [-0.4, -0.2) is 55.0 Å². The zero-order valence-corrected chi connectivity index (χ0v) is 18.6. The number of piperidine rings is 1. The van der Waals surface area contributed by atoms with E-state index in [1.165, 1.54) is 30.4 Å². The first kappa shape index (κ1) is 21.8. The maximum absolute atomic E-state index is 13.2. The van der Waals surface area contributed by atoms with Crippen LogP contribution in [0.15, 0.2) is 54.6 Å². The number of ether oxygens (including phenoxy) is 1. The lowest BCUT2D eigenvalue weighted by Gasteiger charge is -2.36. The molecule has 2 fully saturated rings. The van der Waals surface area contributed by atoms with E-state index in [-0.39, 0.29) is 18.0 Å². The Kier molecular flexibility index (Phi) is 7.60. The molecule has 0 bridgehead atoms. The third kappa shape index (κ3) is 5.46. The van der Waals surface area contributed by atoms with E-state index < -0.39 is 0 Å². The molecule has 2 aliphatic rings. The van der Waals surface area contributed by atoms with Gasteiger partial charge in [0.1, 0.15) is 5.75 Å². The molecule has 2 unspecified atom stereocenters. The van der Waals surface area contributed by atoms with Gasteiger partial charge in [-0.25, -0.2) is 0 Å². The number of hydrogen-bond acceptors (Lipinski definition) is 4. The molecule has 5 nitrogen and oxygen atoms in total. The Bertz CT molecular complexity index is 836. The first-order valence-electron chi connectivity index (χ1n) is 11.7. The second kappa shape index (κ2) is 10.8.